The fourth-order valence-electron chi connectivity index (χ4n) is 1.85. The summed E-state index contributed by atoms with van der Waals surface area (Å²) >= 11 is 0. The number of aryl methyl sites for hydroxylation is 1. The van der Waals surface area contributed by atoms with Gasteiger partial charge in [-0.05, 0) is 36.6 Å². The Morgan fingerprint density at radius 3 is 2.67 bits per heavy atom. The molecule has 0 aromatic heterocycles. The minimum atomic E-state index is 0.656. The molecule has 0 aliphatic heterocycles. The lowest BCUT2D eigenvalue weighted by molar-refractivity contribution is 0.476. The molecule has 0 bridgehead atoms. The molecular formula is C16H17NO. The summed E-state index contributed by atoms with van der Waals surface area (Å²) in [7, 11) is 0. The van der Waals surface area contributed by atoms with Crippen molar-refractivity contribution in [2.75, 3.05) is 5.73 Å². The van der Waals surface area contributed by atoms with Crippen LogP contribution >= 0.6 is 0 Å². The fourth-order valence-corrected chi connectivity index (χ4v) is 1.85. The maximum absolute atomic E-state index is 5.95. The first-order chi connectivity index (χ1) is 8.72. The molecule has 2 aromatic rings. The molecule has 0 aliphatic carbocycles. The molecule has 0 unspecified atom stereocenters. The average molecular weight is 239 g/mol. The summed E-state index contributed by atoms with van der Waals surface area (Å²) in [6, 6.07) is 13.7. The first kappa shape index (κ1) is 12.2. The van der Waals surface area contributed by atoms with E-state index in [-0.39, 0.29) is 0 Å². The van der Waals surface area contributed by atoms with Crippen molar-refractivity contribution < 1.29 is 4.74 Å². The zero-order valence-corrected chi connectivity index (χ0v) is 10.5. The number of rotatable bonds is 4. The van der Waals surface area contributed by atoms with Crippen LogP contribution in [0.3, 0.4) is 0 Å². The van der Waals surface area contributed by atoms with Crippen LogP contribution in [0.15, 0.2) is 55.1 Å². The van der Waals surface area contributed by atoms with Gasteiger partial charge in [0, 0.05) is 0 Å². The Hall–Kier alpha value is -2.22. The molecule has 0 fully saturated rings. The molecule has 2 rings (SSSR count). The van der Waals surface area contributed by atoms with Gasteiger partial charge in [0.15, 0.2) is 5.75 Å². The van der Waals surface area contributed by atoms with Gasteiger partial charge in [-0.25, -0.2) is 0 Å². The molecule has 0 saturated carbocycles. The van der Waals surface area contributed by atoms with E-state index in [1.807, 2.05) is 55.5 Å². The zero-order chi connectivity index (χ0) is 13.0. The van der Waals surface area contributed by atoms with Gasteiger partial charge in [-0.1, -0.05) is 36.4 Å². The third kappa shape index (κ3) is 2.54. The number of allylic oxidation sites excluding steroid dienone is 1. The van der Waals surface area contributed by atoms with Gasteiger partial charge in [0.1, 0.15) is 5.75 Å². The number of hydrogen-bond donors (Lipinski definition) is 1. The summed E-state index contributed by atoms with van der Waals surface area (Å²) in [5.41, 5.74) is 8.74. The second-order valence-electron chi connectivity index (χ2n) is 4.20. The fraction of sp³-hybridized carbons (Fsp3) is 0.125. The van der Waals surface area contributed by atoms with E-state index >= 15 is 0 Å². The number of para-hydroxylation sites is 2. The van der Waals surface area contributed by atoms with Gasteiger partial charge in [-0.15, -0.1) is 6.58 Å². The van der Waals surface area contributed by atoms with Crippen molar-refractivity contribution in [2.45, 2.75) is 13.3 Å². The predicted molar refractivity (Wildman–Crippen MR) is 76.0 cm³/mol. The van der Waals surface area contributed by atoms with Crippen molar-refractivity contribution in [2.24, 2.45) is 0 Å². The van der Waals surface area contributed by atoms with Crippen LogP contribution < -0.4 is 10.5 Å². The highest BCUT2D eigenvalue weighted by Gasteiger charge is 2.08. The SMILES string of the molecule is C=CCc1ccccc1Oc1c(C)cccc1N. The first-order valence-electron chi connectivity index (χ1n) is 5.94. The molecule has 0 heterocycles. The van der Waals surface area contributed by atoms with Crippen molar-refractivity contribution in [1.29, 1.82) is 0 Å². The van der Waals surface area contributed by atoms with Gasteiger partial charge in [0.05, 0.1) is 5.69 Å². The number of benzene rings is 2. The molecule has 92 valence electrons. The Morgan fingerprint density at radius 1 is 1.17 bits per heavy atom. The summed E-state index contributed by atoms with van der Waals surface area (Å²) in [6.07, 6.45) is 2.64. The van der Waals surface area contributed by atoms with Crippen LogP contribution in [0.1, 0.15) is 11.1 Å². The van der Waals surface area contributed by atoms with E-state index in [0.717, 1.165) is 29.0 Å². The Balaban J connectivity index is 2.37. The summed E-state index contributed by atoms with van der Waals surface area (Å²) in [4.78, 5) is 0. The number of nitrogen functional groups attached to an aromatic ring is 1. The van der Waals surface area contributed by atoms with Gasteiger partial charge in [-0.2, -0.15) is 0 Å². The lowest BCUT2D eigenvalue weighted by atomic mass is 10.1. The van der Waals surface area contributed by atoms with Crippen LogP contribution in [0.5, 0.6) is 11.5 Å². The van der Waals surface area contributed by atoms with Crippen LogP contribution in [-0.2, 0) is 6.42 Å². The lowest BCUT2D eigenvalue weighted by Crippen LogP contribution is -1.96. The topological polar surface area (TPSA) is 35.2 Å². The van der Waals surface area contributed by atoms with E-state index in [4.69, 9.17) is 10.5 Å². The summed E-state index contributed by atoms with van der Waals surface area (Å²) < 4.78 is 5.95. The monoisotopic (exact) mass is 239 g/mol. The van der Waals surface area contributed by atoms with Crippen molar-refractivity contribution in [1.82, 2.24) is 0 Å². The smallest absolute Gasteiger partial charge is 0.153 e. The maximum atomic E-state index is 5.95. The van der Waals surface area contributed by atoms with Crippen molar-refractivity contribution in [3.05, 3.63) is 66.2 Å². The van der Waals surface area contributed by atoms with Crippen LogP contribution in [0.4, 0.5) is 5.69 Å². The Labute approximate surface area is 108 Å². The van der Waals surface area contributed by atoms with Crippen molar-refractivity contribution in [3.8, 4) is 11.5 Å². The zero-order valence-electron chi connectivity index (χ0n) is 10.5. The molecule has 18 heavy (non-hydrogen) atoms. The van der Waals surface area contributed by atoms with E-state index in [2.05, 4.69) is 6.58 Å². The third-order valence-electron chi connectivity index (χ3n) is 2.79. The lowest BCUT2D eigenvalue weighted by Gasteiger charge is -2.13. The number of ether oxygens (including phenoxy) is 1. The van der Waals surface area contributed by atoms with Crippen molar-refractivity contribution >= 4 is 5.69 Å². The van der Waals surface area contributed by atoms with Gasteiger partial charge < -0.3 is 10.5 Å². The molecule has 0 saturated heterocycles. The first-order valence-corrected chi connectivity index (χ1v) is 5.94. The highest BCUT2D eigenvalue weighted by atomic mass is 16.5. The second-order valence-corrected chi connectivity index (χ2v) is 4.20. The van der Waals surface area contributed by atoms with E-state index in [1.54, 1.807) is 0 Å². The Morgan fingerprint density at radius 2 is 1.94 bits per heavy atom. The van der Waals surface area contributed by atoms with Crippen molar-refractivity contribution in [3.63, 3.8) is 0 Å². The van der Waals surface area contributed by atoms with E-state index in [0.29, 0.717) is 5.69 Å². The number of hydrogen-bond acceptors (Lipinski definition) is 2. The average Bonchev–Trinajstić information content (AvgIpc) is 2.36. The molecule has 2 nitrogen and oxygen atoms in total. The van der Waals surface area contributed by atoms with Gasteiger partial charge in [-0.3, -0.25) is 0 Å². The molecule has 0 radical (unpaired) electrons. The molecule has 0 amide bonds. The van der Waals surface area contributed by atoms with E-state index in [9.17, 15) is 0 Å². The molecule has 0 atom stereocenters. The van der Waals surface area contributed by atoms with Crippen LogP contribution in [0, 0.1) is 6.92 Å². The molecule has 0 aliphatic rings. The Bertz CT molecular complexity index is 541. The molecule has 2 heteroatoms. The third-order valence-corrected chi connectivity index (χ3v) is 2.79. The van der Waals surface area contributed by atoms with E-state index in [1.165, 1.54) is 0 Å². The van der Waals surface area contributed by atoms with Crippen LogP contribution in [0.2, 0.25) is 0 Å². The minimum absolute atomic E-state index is 0.656. The largest absolute Gasteiger partial charge is 0.455 e. The summed E-state index contributed by atoms with van der Waals surface area (Å²) in [6.45, 7) is 5.75. The normalized spacial score (nSPS) is 10.1. The maximum Gasteiger partial charge on any atom is 0.153 e. The predicted octanol–water partition coefficient (Wildman–Crippen LogP) is 4.10. The second kappa shape index (κ2) is 5.41. The van der Waals surface area contributed by atoms with Gasteiger partial charge in [0.25, 0.3) is 0 Å². The Kier molecular flexibility index (Phi) is 3.68. The highest BCUT2D eigenvalue weighted by Crippen LogP contribution is 2.32. The highest BCUT2D eigenvalue weighted by molar-refractivity contribution is 5.58. The quantitative estimate of drug-likeness (QED) is 0.644. The molecule has 0 spiro atoms. The van der Waals surface area contributed by atoms with Crippen LogP contribution in [-0.4, -0.2) is 0 Å². The summed E-state index contributed by atoms with van der Waals surface area (Å²) in [5.74, 6) is 1.56. The van der Waals surface area contributed by atoms with E-state index < -0.39 is 0 Å². The summed E-state index contributed by atoms with van der Waals surface area (Å²) in [5, 5.41) is 0. The number of anilines is 1. The van der Waals surface area contributed by atoms with Gasteiger partial charge in [0.2, 0.25) is 0 Å². The molecular weight excluding hydrogens is 222 g/mol. The standard InChI is InChI=1S/C16H17NO/c1-3-7-13-9-4-5-11-15(13)18-16-12(2)8-6-10-14(16)17/h3-6,8-11H,1,7,17H2,2H3. The van der Waals surface area contributed by atoms with Crippen LogP contribution in [0.25, 0.3) is 0 Å². The number of nitrogens with two attached hydrogens (primary N) is 1. The molecule has 2 N–H and O–H groups in total. The molecule has 2 aromatic carbocycles. The van der Waals surface area contributed by atoms with Gasteiger partial charge >= 0.3 is 0 Å². The minimum Gasteiger partial charge on any atom is -0.455 e.